The third-order valence-electron chi connectivity index (χ3n) is 4.88. The number of rotatable bonds is 4. The summed E-state index contributed by atoms with van der Waals surface area (Å²) >= 11 is 0. The van der Waals surface area contributed by atoms with Gasteiger partial charge >= 0.3 is 6.18 Å². The highest BCUT2D eigenvalue weighted by molar-refractivity contribution is 6.05. The molecule has 1 aliphatic rings. The summed E-state index contributed by atoms with van der Waals surface area (Å²) < 4.78 is 38.5. The number of hydrogen-bond donors (Lipinski definition) is 1. The van der Waals surface area contributed by atoms with Crippen LogP contribution in [0.25, 0.3) is 0 Å². The Morgan fingerprint density at radius 2 is 2.00 bits per heavy atom. The van der Waals surface area contributed by atoms with E-state index >= 15 is 0 Å². The van der Waals surface area contributed by atoms with Gasteiger partial charge in [0, 0.05) is 30.4 Å². The first-order valence-corrected chi connectivity index (χ1v) is 9.17. The van der Waals surface area contributed by atoms with E-state index in [4.69, 9.17) is 0 Å². The Morgan fingerprint density at radius 1 is 1.24 bits per heavy atom. The van der Waals surface area contributed by atoms with Gasteiger partial charge in [-0.3, -0.25) is 14.9 Å². The van der Waals surface area contributed by atoms with Crippen molar-refractivity contribution >= 4 is 23.0 Å². The Bertz CT molecular complexity index is 931. The number of carbonyl (C=O) groups excluding carboxylic acids is 1. The largest absolute Gasteiger partial charge is 0.416 e. The Balaban J connectivity index is 1.84. The predicted octanol–water partition coefficient (Wildman–Crippen LogP) is 5.10. The summed E-state index contributed by atoms with van der Waals surface area (Å²) in [6, 6.07) is 8.36. The fraction of sp³-hybridized carbons (Fsp3) is 0.350. The number of hydrogen-bond acceptors (Lipinski definition) is 4. The lowest BCUT2D eigenvalue weighted by Crippen LogP contribution is -2.34. The molecule has 0 aliphatic carbocycles. The van der Waals surface area contributed by atoms with Crippen LogP contribution in [0.3, 0.4) is 0 Å². The standard InChI is InChI=1S/C20H20F3N3O3/c1-13-4-3-9-25(12-13)17-8-7-14(10-18(17)26(28)29)19(27)24-16-6-2-5-15(11-16)20(21,22)23/h2,5-8,10-11,13H,3-4,9,12H2,1H3,(H,24,27). The van der Waals surface area contributed by atoms with Gasteiger partial charge in [0.2, 0.25) is 0 Å². The van der Waals surface area contributed by atoms with Gasteiger partial charge in [0.1, 0.15) is 5.69 Å². The first kappa shape index (κ1) is 20.6. The average Bonchev–Trinajstić information content (AvgIpc) is 2.67. The van der Waals surface area contributed by atoms with Gasteiger partial charge in [-0.15, -0.1) is 0 Å². The van der Waals surface area contributed by atoms with E-state index in [-0.39, 0.29) is 16.9 Å². The minimum absolute atomic E-state index is 0.00270. The van der Waals surface area contributed by atoms with Crippen LogP contribution in [-0.2, 0) is 6.18 Å². The lowest BCUT2D eigenvalue weighted by Gasteiger charge is -2.32. The Kier molecular flexibility index (Phi) is 5.76. The van der Waals surface area contributed by atoms with Crippen LogP contribution in [0.15, 0.2) is 42.5 Å². The molecule has 1 amide bonds. The molecule has 0 saturated carbocycles. The quantitative estimate of drug-likeness (QED) is 0.565. The van der Waals surface area contributed by atoms with Gasteiger partial charge in [0.15, 0.2) is 0 Å². The minimum Gasteiger partial charge on any atom is -0.366 e. The molecule has 9 heteroatoms. The van der Waals surface area contributed by atoms with E-state index in [0.717, 1.165) is 31.0 Å². The Morgan fingerprint density at radius 3 is 2.66 bits per heavy atom. The fourth-order valence-corrected chi connectivity index (χ4v) is 3.46. The maximum absolute atomic E-state index is 12.8. The molecule has 1 aliphatic heterocycles. The van der Waals surface area contributed by atoms with E-state index in [2.05, 4.69) is 12.2 Å². The van der Waals surface area contributed by atoms with Gasteiger partial charge in [-0.25, -0.2) is 0 Å². The van der Waals surface area contributed by atoms with Gasteiger partial charge in [0.25, 0.3) is 11.6 Å². The van der Waals surface area contributed by atoms with Crippen molar-refractivity contribution in [3.63, 3.8) is 0 Å². The van der Waals surface area contributed by atoms with Crippen LogP contribution < -0.4 is 10.2 Å². The molecule has 6 nitrogen and oxygen atoms in total. The third kappa shape index (κ3) is 4.85. The smallest absolute Gasteiger partial charge is 0.366 e. The van der Waals surface area contributed by atoms with Crippen LogP contribution in [0, 0.1) is 16.0 Å². The van der Waals surface area contributed by atoms with E-state index in [1.165, 1.54) is 24.3 Å². The number of nitro benzene ring substituents is 1. The van der Waals surface area contributed by atoms with Crippen LogP contribution in [0.1, 0.15) is 35.7 Å². The number of nitrogens with zero attached hydrogens (tertiary/aromatic N) is 2. The summed E-state index contributed by atoms with van der Waals surface area (Å²) in [5, 5.41) is 13.9. The van der Waals surface area contributed by atoms with Crippen LogP contribution in [0.4, 0.5) is 30.2 Å². The number of nitro groups is 1. The molecule has 0 aromatic heterocycles. The van der Waals surface area contributed by atoms with Crippen molar-refractivity contribution in [3.8, 4) is 0 Å². The van der Waals surface area contributed by atoms with Crippen molar-refractivity contribution in [1.29, 1.82) is 0 Å². The number of nitrogens with one attached hydrogen (secondary N) is 1. The SMILES string of the molecule is CC1CCCN(c2ccc(C(=O)Nc3cccc(C(F)(F)F)c3)cc2[N+](=O)[O-])C1. The van der Waals surface area contributed by atoms with Crippen LogP contribution in [-0.4, -0.2) is 23.9 Å². The van der Waals surface area contributed by atoms with Crippen molar-refractivity contribution in [2.75, 3.05) is 23.3 Å². The molecule has 2 aromatic carbocycles. The van der Waals surface area contributed by atoms with E-state index < -0.39 is 22.6 Å². The van der Waals surface area contributed by atoms with E-state index in [0.29, 0.717) is 24.7 Å². The minimum atomic E-state index is -4.53. The molecule has 0 radical (unpaired) electrons. The summed E-state index contributed by atoms with van der Waals surface area (Å²) in [6.07, 6.45) is -2.55. The lowest BCUT2D eigenvalue weighted by atomic mass is 9.99. The van der Waals surface area contributed by atoms with Crippen molar-refractivity contribution in [3.05, 3.63) is 63.7 Å². The summed E-state index contributed by atoms with van der Waals surface area (Å²) in [4.78, 5) is 25.4. The average molecular weight is 407 g/mol. The molecule has 1 unspecified atom stereocenters. The molecule has 2 aromatic rings. The zero-order valence-corrected chi connectivity index (χ0v) is 15.7. The zero-order valence-electron chi connectivity index (χ0n) is 15.7. The van der Waals surface area contributed by atoms with E-state index in [9.17, 15) is 28.1 Å². The first-order chi connectivity index (χ1) is 13.6. The molecule has 154 valence electrons. The molecule has 1 N–H and O–H groups in total. The van der Waals surface area contributed by atoms with Crippen LogP contribution >= 0.6 is 0 Å². The lowest BCUT2D eigenvalue weighted by molar-refractivity contribution is -0.384. The predicted molar refractivity (Wildman–Crippen MR) is 103 cm³/mol. The second kappa shape index (κ2) is 8.10. The van der Waals surface area contributed by atoms with Gasteiger partial charge in [0.05, 0.1) is 10.5 Å². The highest BCUT2D eigenvalue weighted by Gasteiger charge is 2.30. The Labute approximate surface area is 165 Å². The van der Waals surface area contributed by atoms with Crippen LogP contribution in [0.5, 0.6) is 0 Å². The molecule has 1 atom stereocenters. The summed E-state index contributed by atoms with van der Waals surface area (Å²) in [5.74, 6) is -0.307. The van der Waals surface area contributed by atoms with Crippen molar-refractivity contribution in [2.24, 2.45) is 5.92 Å². The molecular weight excluding hydrogens is 387 g/mol. The van der Waals surface area contributed by atoms with E-state index in [1.54, 1.807) is 0 Å². The van der Waals surface area contributed by atoms with Gasteiger partial charge in [-0.1, -0.05) is 13.0 Å². The number of halogens is 3. The van der Waals surface area contributed by atoms with Gasteiger partial charge in [-0.05, 0) is 49.1 Å². The Hall–Kier alpha value is -3.10. The number of anilines is 2. The van der Waals surface area contributed by atoms with Crippen molar-refractivity contribution in [2.45, 2.75) is 25.9 Å². The summed E-state index contributed by atoms with van der Waals surface area (Å²) in [6.45, 7) is 3.46. The van der Waals surface area contributed by atoms with Crippen LogP contribution in [0.2, 0.25) is 0 Å². The van der Waals surface area contributed by atoms with Crippen molar-refractivity contribution < 1.29 is 22.9 Å². The number of benzene rings is 2. The maximum atomic E-state index is 12.8. The normalized spacial score (nSPS) is 17.1. The molecule has 1 saturated heterocycles. The monoisotopic (exact) mass is 407 g/mol. The molecule has 1 heterocycles. The number of carbonyl (C=O) groups is 1. The van der Waals surface area contributed by atoms with Gasteiger partial charge < -0.3 is 10.2 Å². The summed E-state index contributed by atoms with van der Waals surface area (Å²) in [7, 11) is 0. The number of piperidine rings is 1. The molecule has 0 bridgehead atoms. The third-order valence-corrected chi connectivity index (χ3v) is 4.88. The molecular formula is C20H20F3N3O3. The van der Waals surface area contributed by atoms with Gasteiger partial charge in [-0.2, -0.15) is 13.2 Å². The van der Waals surface area contributed by atoms with E-state index in [1.807, 2.05) is 4.90 Å². The second-order valence-electron chi connectivity index (χ2n) is 7.19. The number of alkyl halides is 3. The topological polar surface area (TPSA) is 75.5 Å². The highest BCUT2D eigenvalue weighted by Crippen LogP contribution is 2.33. The highest BCUT2D eigenvalue weighted by atomic mass is 19.4. The first-order valence-electron chi connectivity index (χ1n) is 9.17. The maximum Gasteiger partial charge on any atom is 0.416 e. The molecule has 3 rings (SSSR count). The fourth-order valence-electron chi connectivity index (χ4n) is 3.46. The zero-order chi connectivity index (χ0) is 21.2. The molecule has 29 heavy (non-hydrogen) atoms. The number of amides is 1. The molecule has 0 spiro atoms. The molecule has 1 fully saturated rings. The second-order valence-corrected chi connectivity index (χ2v) is 7.19. The summed E-state index contributed by atoms with van der Waals surface area (Å²) in [5.41, 5.74) is -0.687. The van der Waals surface area contributed by atoms with Crippen molar-refractivity contribution in [1.82, 2.24) is 0 Å².